The molecule has 0 aromatic carbocycles. The maximum absolute atomic E-state index is 12.9. The molecule has 0 radical (unpaired) electrons. The lowest BCUT2D eigenvalue weighted by atomic mass is 9.76. The summed E-state index contributed by atoms with van der Waals surface area (Å²) in [5, 5.41) is 12.8. The SMILES string of the molecule is CCc1c(C)sc(NC(=O)[C@H]2CC(C)=C(C)C[C@@H]2C(=O)O)c1C(=O)OC. The van der Waals surface area contributed by atoms with Gasteiger partial charge in [-0.2, -0.15) is 0 Å². The predicted molar refractivity (Wildman–Crippen MR) is 101 cm³/mol. The molecule has 1 heterocycles. The Hall–Kier alpha value is -2.15. The third kappa shape index (κ3) is 3.82. The molecule has 0 spiro atoms. The Morgan fingerprint density at radius 1 is 1.15 bits per heavy atom. The number of ether oxygens (including phenoxy) is 1. The van der Waals surface area contributed by atoms with Gasteiger partial charge in [-0.25, -0.2) is 4.79 Å². The fourth-order valence-corrected chi connectivity index (χ4v) is 4.58. The molecule has 1 aromatic rings. The van der Waals surface area contributed by atoms with Gasteiger partial charge < -0.3 is 15.2 Å². The first-order valence-electron chi connectivity index (χ1n) is 8.60. The number of aryl methyl sites for hydroxylation is 1. The van der Waals surface area contributed by atoms with E-state index in [1.807, 2.05) is 27.7 Å². The summed E-state index contributed by atoms with van der Waals surface area (Å²) in [6.45, 7) is 7.66. The average molecular weight is 379 g/mol. The molecule has 0 fully saturated rings. The van der Waals surface area contributed by atoms with E-state index < -0.39 is 23.8 Å². The summed E-state index contributed by atoms with van der Waals surface area (Å²) in [5.74, 6) is -3.24. The lowest BCUT2D eigenvalue weighted by molar-refractivity contribution is -0.146. The normalized spacial score (nSPS) is 20.0. The van der Waals surface area contributed by atoms with Gasteiger partial charge in [0.15, 0.2) is 0 Å². The van der Waals surface area contributed by atoms with Crippen molar-refractivity contribution in [3.63, 3.8) is 0 Å². The van der Waals surface area contributed by atoms with Crippen molar-refractivity contribution in [1.29, 1.82) is 0 Å². The number of nitrogens with one attached hydrogen (secondary N) is 1. The summed E-state index contributed by atoms with van der Waals surface area (Å²) in [5.41, 5.74) is 3.30. The van der Waals surface area contributed by atoms with Crippen LogP contribution in [-0.4, -0.2) is 30.1 Å². The molecule has 1 amide bonds. The molecule has 0 unspecified atom stereocenters. The van der Waals surface area contributed by atoms with Crippen molar-refractivity contribution < 1.29 is 24.2 Å². The highest BCUT2D eigenvalue weighted by Crippen LogP contribution is 2.38. The van der Waals surface area contributed by atoms with Gasteiger partial charge in [0, 0.05) is 4.88 Å². The number of allylic oxidation sites excluding steroid dienone is 2. The van der Waals surface area contributed by atoms with Crippen molar-refractivity contribution in [2.75, 3.05) is 12.4 Å². The van der Waals surface area contributed by atoms with E-state index in [0.717, 1.165) is 21.6 Å². The lowest BCUT2D eigenvalue weighted by Gasteiger charge is -2.29. The molecule has 1 aliphatic carbocycles. The zero-order valence-corrected chi connectivity index (χ0v) is 16.6. The van der Waals surface area contributed by atoms with Gasteiger partial charge >= 0.3 is 11.9 Å². The third-order valence-electron chi connectivity index (χ3n) is 5.11. The van der Waals surface area contributed by atoms with Gasteiger partial charge in [-0.1, -0.05) is 18.1 Å². The van der Waals surface area contributed by atoms with Crippen molar-refractivity contribution in [3.8, 4) is 0 Å². The van der Waals surface area contributed by atoms with Crippen LogP contribution in [0.1, 0.15) is 54.4 Å². The summed E-state index contributed by atoms with van der Waals surface area (Å²) >= 11 is 1.32. The number of carbonyl (C=O) groups excluding carboxylic acids is 2. The number of hydrogen-bond donors (Lipinski definition) is 2. The van der Waals surface area contributed by atoms with E-state index in [2.05, 4.69) is 5.32 Å². The van der Waals surface area contributed by atoms with Gasteiger partial charge in [-0.15, -0.1) is 11.3 Å². The molecule has 0 saturated heterocycles. The number of thiophene rings is 1. The maximum atomic E-state index is 12.9. The molecule has 1 aliphatic rings. The summed E-state index contributed by atoms with van der Waals surface area (Å²) < 4.78 is 4.87. The molecule has 2 atom stereocenters. The van der Waals surface area contributed by atoms with Gasteiger partial charge in [0.25, 0.3) is 0 Å². The van der Waals surface area contributed by atoms with Crippen LogP contribution in [0.15, 0.2) is 11.1 Å². The Bertz CT molecular complexity index is 777. The van der Waals surface area contributed by atoms with Gasteiger partial charge in [0.1, 0.15) is 5.00 Å². The van der Waals surface area contributed by atoms with Crippen LogP contribution in [0.2, 0.25) is 0 Å². The fourth-order valence-electron chi connectivity index (χ4n) is 3.44. The topological polar surface area (TPSA) is 92.7 Å². The molecule has 1 aromatic heterocycles. The number of carboxylic acids is 1. The van der Waals surface area contributed by atoms with Crippen LogP contribution >= 0.6 is 11.3 Å². The van der Waals surface area contributed by atoms with Crippen LogP contribution in [0.25, 0.3) is 0 Å². The van der Waals surface area contributed by atoms with Crippen LogP contribution in [-0.2, 0) is 20.7 Å². The Morgan fingerprint density at radius 2 is 1.73 bits per heavy atom. The van der Waals surface area contributed by atoms with Crippen LogP contribution in [0.5, 0.6) is 0 Å². The largest absolute Gasteiger partial charge is 0.481 e. The van der Waals surface area contributed by atoms with Crippen LogP contribution in [0.3, 0.4) is 0 Å². The molecule has 0 aliphatic heterocycles. The van der Waals surface area contributed by atoms with Gasteiger partial charge in [-0.3, -0.25) is 9.59 Å². The molecule has 0 saturated carbocycles. The molecular formula is C19H25NO5S. The standard InChI is InChI=1S/C19H25NO5S/c1-6-12-11(4)26-17(15(12)19(24)25-5)20-16(21)13-7-9(2)10(3)8-14(13)18(22)23/h13-14H,6-8H2,1-5H3,(H,20,21)(H,22,23)/t13-,14-/m0/s1. The molecule has 26 heavy (non-hydrogen) atoms. The number of carbonyl (C=O) groups is 3. The molecule has 7 heteroatoms. The number of amides is 1. The number of rotatable bonds is 5. The summed E-state index contributed by atoms with van der Waals surface area (Å²) in [7, 11) is 1.30. The molecular weight excluding hydrogens is 354 g/mol. The zero-order chi connectivity index (χ0) is 19.6. The van der Waals surface area contributed by atoms with Crippen LogP contribution in [0.4, 0.5) is 5.00 Å². The van der Waals surface area contributed by atoms with Crippen LogP contribution in [0, 0.1) is 18.8 Å². The highest BCUT2D eigenvalue weighted by Gasteiger charge is 2.38. The number of methoxy groups -OCH3 is 1. The van der Waals surface area contributed by atoms with E-state index >= 15 is 0 Å². The Morgan fingerprint density at radius 3 is 2.23 bits per heavy atom. The number of esters is 1. The number of aliphatic carboxylic acids is 1. The van der Waals surface area contributed by atoms with Gasteiger partial charge in [-0.05, 0) is 45.6 Å². The van der Waals surface area contributed by atoms with Crippen molar-refractivity contribution in [3.05, 3.63) is 27.2 Å². The van der Waals surface area contributed by atoms with Crippen molar-refractivity contribution in [2.24, 2.45) is 11.8 Å². The average Bonchev–Trinajstić information content (AvgIpc) is 2.90. The van der Waals surface area contributed by atoms with Gasteiger partial charge in [0.05, 0.1) is 24.5 Å². The van der Waals surface area contributed by atoms with E-state index in [9.17, 15) is 19.5 Å². The van der Waals surface area contributed by atoms with Crippen molar-refractivity contribution in [2.45, 2.75) is 47.0 Å². The number of carboxylic acid groups (broad SMARTS) is 1. The molecule has 2 rings (SSSR count). The first kappa shape index (κ1) is 20.2. The quantitative estimate of drug-likeness (QED) is 0.600. The maximum Gasteiger partial charge on any atom is 0.341 e. The van der Waals surface area contributed by atoms with Gasteiger partial charge in [0.2, 0.25) is 5.91 Å². The highest BCUT2D eigenvalue weighted by atomic mass is 32.1. The lowest BCUT2D eigenvalue weighted by Crippen LogP contribution is -2.36. The van der Waals surface area contributed by atoms with E-state index in [-0.39, 0.29) is 5.91 Å². The van der Waals surface area contributed by atoms with E-state index in [0.29, 0.717) is 29.8 Å². The zero-order valence-electron chi connectivity index (χ0n) is 15.8. The molecule has 2 N–H and O–H groups in total. The summed E-state index contributed by atoms with van der Waals surface area (Å²) in [4.78, 5) is 37.6. The van der Waals surface area contributed by atoms with Crippen molar-refractivity contribution >= 4 is 34.2 Å². The first-order valence-corrected chi connectivity index (χ1v) is 9.42. The summed E-state index contributed by atoms with van der Waals surface area (Å²) in [6, 6.07) is 0. The first-order chi connectivity index (χ1) is 12.2. The van der Waals surface area contributed by atoms with E-state index in [4.69, 9.17) is 4.74 Å². The number of hydrogen-bond acceptors (Lipinski definition) is 5. The fraction of sp³-hybridized carbons (Fsp3) is 0.526. The summed E-state index contributed by atoms with van der Waals surface area (Å²) in [6.07, 6.45) is 1.42. The van der Waals surface area contributed by atoms with E-state index in [1.165, 1.54) is 18.4 Å². The monoisotopic (exact) mass is 379 g/mol. The molecule has 0 bridgehead atoms. The minimum atomic E-state index is -0.971. The minimum absolute atomic E-state index is 0.363. The third-order valence-corrected chi connectivity index (χ3v) is 6.17. The second kappa shape index (κ2) is 8.03. The smallest absolute Gasteiger partial charge is 0.341 e. The van der Waals surface area contributed by atoms with Crippen molar-refractivity contribution in [1.82, 2.24) is 0 Å². The Balaban J connectivity index is 2.35. The predicted octanol–water partition coefficient (Wildman–Crippen LogP) is 3.79. The Kier molecular flexibility index (Phi) is 6.23. The highest BCUT2D eigenvalue weighted by molar-refractivity contribution is 7.16. The van der Waals surface area contributed by atoms with E-state index in [1.54, 1.807) is 0 Å². The second-order valence-corrected chi connectivity index (χ2v) is 7.92. The minimum Gasteiger partial charge on any atom is -0.481 e. The number of anilines is 1. The Labute approximate surface area is 157 Å². The second-order valence-electron chi connectivity index (χ2n) is 6.70. The molecule has 6 nitrogen and oxygen atoms in total. The molecule has 142 valence electrons. The van der Waals surface area contributed by atoms with Crippen LogP contribution < -0.4 is 5.32 Å².